The molecule has 1 aliphatic heterocycles. The molecule has 2 N–H and O–H groups in total. The molecule has 0 spiro atoms. The van der Waals surface area contributed by atoms with Crippen molar-refractivity contribution in [2.45, 2.75) is 25.7 Å². The molecule has 1 saturated heterocycles. The standard InChI is InChI=1S/C22H31N5/c1-23-22(26-15-8-7-14-25-21-11-5-6-13-24-21)27-16-12-20(18-27)17-19-9-3-2-4-10-19/h2-6,9-11,13,20H,7-8,12,14-18H2,1H3,(H,23,26)(H,24,25). The Morgan fingerprint density at radius 3 is 2.70 bits per heavy atom. The topological polar surface area (TPSA) is 52.6 Å². The quantitative estimate of drug-likeness (QED) is 0.428. The fraction of sp³-hybridized carbons (Fsp3) is 0.455. The van der Waals surface area contributed by atoms with E-state index in [1.54, 1.807) is 0 Å². The van der Waals surface area contributed by atoms with Crippen LogP contribution in [0, 0.1) is 5.92 Å². The molecule has 1 unspecified atom stereocenters. The second-order valence-electron chi connectivity index (χ2n) is 7.11. The molecule has 0 amide bonds. The van der Waals surface area contributed by atoms with Crippen LogP contribution in [0.4, 0.5) is 5.82 Å². The molecule has 1 fully saturated rings. The summed E-state index contributed by atoms with van der Waals surface area (Å²) in [6, 6.07) is 16.7. The van der Waals surface area contributed by atoms with Crippen molar-refractivity contribution in [2.24, 2.45) is 10.9 Å². The maximum atomic E-state index is 4.48. The monoisotopic (exact) mass is 365 g/mol. The number of nitrogens with one attached hydrogen (secondary N) is 2. The van der Waals surface area contributed by atoms with Gasteiger partial charge >= 0.3 is 0 Å². The van der Waals surface area contributed by atoms with Crippen molar-refractivity contribution < 1.29 is 0 Å². The number of likely N-dealkylation sites (tertiary alicyclic amines) is 1. The van der Waals surface area contributed by atoms with Gasteiger partial charge in [-0.2, -0.15) is 0 Å². The third-order valence-corrected chi connectivity index (χ3v) is 5.02. The first-order valence-corrected chi connectivity index (χ1v) is 9.99. The Kier molecular flexibility index (Phi) is 7.51. The van der Waals surface area contributed by atoms with Crippen molar-refractivity contribution in [3.8, 4) is 0 Å². The lowest BCUT2D eigenvalue weighted by molar-refractivity contribution is 0.459. The van der Waals surface area contributed by atoms with Crippen LogP contribution in [0.1, 0.15) is 24.8 Å². The summed E-state index contributed by atoms with van der Waals surface area (Å²) in [5.41, 5.74) is 1.44. The summed E-state index contributed by atoms with van der Waals surface area (Å²) in [5, 5.41) is 6.88. The van der Waals surface area contributed by atoms with E-state index < -0.39 is 0 Å². The number of unbranched alkanes of at least 4 members (excludes halogenated alkanes) is 1. The molecular formula is C22H31N5. The highest BCUT2D eigenvalue weighted by Crippen LogP contribution is 2.20. The first-order valence-electron chi connectivity index (χ1n) is 9.99. The number of anilines is 1. The molecule has 3 rings (SSSR count). The van der Waals surface area contributed by atoms with Gasteiger partial charge in [-0.25, -0.2) is 4.98 Å². The molecule has 5 nitrogen and oxygen atoms in total. The number of hydrogen-bond acceptors (Lipinski definition) is 3. The van der Waals surface area contributed by atoms with E-state index in [4.69, 9.17) is 0 Å². The number of pyridine rings is 1. The van der Waals surface area contributed by atoms with E-state index in [1.807, 2.05) is 31.4 Å². The summed E-state index contributed by atoms with van der Waals surface area (Å²) >= 11 is 0. The molecule has 1 aromatic carbocycles. The van der Waals surface area contributed by atoms with E-state index in [9.17, 15) is 0 Å². The summed E-state index contributed by atoms with van der Waals surface area (Å²) in [6.07, 6.45) is 6.43. The Labute approximate surface area is 162 Å². The normalized spacial score (nSPS) is 17.1. The number of benzene rings is 1. The van der Waals surface area contributed by atoms with E-state index in [0.29, 0.717) is 5.92 Å². The Morgan fingerprint density at radius 2 is 1.93 bits per heavy atom. The van der Waals surface area contributed by atoms with E-state index in [2.05, 4.69) is 55.8 Å². The molecule has 0 saturated carbocycles. The van der Waals surface area contributed by atoms with Crippen LogP contribution in [0.15, 0.2) is 59.7 Å². The van der Waals surface area contributed by atoms with Crippen LogP contribution in [0.5, 0.6) is 0 Å². The number of rotatable bonds is 8. The van der Waals surface area contributed by atoms with Gasteiger partial charge in [0.15, 0.2) is 5.96 Å². The summed E-state index contributed by atoms with van der Waals surface area (Å²) in [7, 11) is 1.88. The number of guanidine groups is 1. The first kappa shape index (κ1) is 19.2. The highest BCUT2D eigenvalue weighted by molar-refractivity contribution is 5.80. The molecule has 2 aromatic rings. The van der Waals surface area contributed by atoms with Crippen LogP contribution < -0.4 is 10.6 Å². The second-order valence-corrected chi connectivity index (χ2v) is 7.11. The SMILES string of the molecule is CN=C(NCCCCNc1ccccn1)N1CCC(Cc2ccccc2)C1. The van der Waals surface area contributed by atoms with Crippen LogP contribution in [-0.4, -0.2) is 49.1 Å². The number of hydrogen-bond donors (Lipinski definition) is 2. The molecule has 0 aliphatic carbocycles. The van der Waals surface area contributed by atoms with Crippen molar-refractivity contribution in [1.29, 1.82) is 0 Å². The zero-order valence-electron chi connectivity index (χ0n) is 16.3. The molecule has 1 atom stereocenters. The van der Waals surface area contributed by atoms with Gasteiger partial charge in [0.05, 0.1) is 0 Å². The van der Waals surface area contributed by atoms with E-state index in [0.717, 1.165) is 57.2 Å². The van der Waals surface area contributed by atoms with Crippen LogP contribution in [-0.2, 0) is 6.42 Å². The van der Waals surface area contributed by atoms with Gasteiger partial charge in [0.1, 0.15) is 5.82 Å². The minimum atomic E-state index is 0.716. The van der Waals surface area contributed by atoms with Gasteiger partial charge in [-0.15, -0.1) is 0 Å². The molecule has 27 heavy (non-hydrogen) atoms. The molecule has 0 bridgehead atoms. The van der Waals surface area contributed by atoms with Gasteiger partial charge in [0.2, 0.25) is 0 Å². The van der Waals surface area contributed by atoms with E-state index >= 15 is 0 Å². The third kappa shape index (κ3) is 6.27. The van der Waals surface area contributed by atoms with Crippen LogP contribution in [0.25, 0.3) is 0 Å². The predicted octanol–water partition coefficient (Wildman–Crippen LogP) is 3.41. The Bertz CT molecular complexity index is 686. The lowest BCUT2D eigenvalue weighted by Crippen LogP contribution is -2.40. The van der Waals surface area contributed by atoms with Crippen molar-refractivity contribution in [2.75, 3.05) is 38.5 Å². The van der Waals surface area contributed by atoms with Gasteiger partial charge < -0.3 is 15.5 Å². The summed E-state index contributed by atoms with van der Waals surface area (Å²) < 4.78 is 0. The summed E-state index contributed by atoms with van der Waals surface area (Å²) in [5.74, 6) is 2.71. The Hall–Kier alpha value is -2.56. The first-order chi connectivity index (χ1) is 13.3. The maximum Gasteiger partial charge on any atom is 0.193 e. The average molecular weight is 366 g/mol. The molecule has 144 valence electrons. The van der Waals surface area contributed by atoms with E-state index in [-0.39, 0.29) is 0 Å². The van der Waals surface area contributed by atoms with Gasteiger partial charge in [0, 0.05) is 39.4 Å². The minimum absolute atomic E-state index is 0.716. The lowest BCUT2D eigenvalue weighted by Gasteiger charge is -2.21. The summed E-state index contributed by atoms with van der Waals surface area (Å²) in [6.45, 7) is 4.09. The zero-order valence-corrected chi connectivity index (χ0v) is 16.3. The smallest absolute Gasteiger partial charge is 0.193 e. The van der Waals surface area contributed by atoms with Gasteiger partial charge in [-0.05, 0) is 49.3 Å². The molecule has 0 radical (unpaired) electrons. The van der Waals surface area contributed by atoms with Crippen molar-refractivity contribution in [1.82, 2.24) is 15.2 Å². The number of nitrogens with zero attached hydrogens (tertiary/aromatic N) is 3. The molecule has 5 heteroatoms. The Morgan fingerprint density at radius 1 is 1.11 bits per heavy atom. The largest absolute Gasteiger partial charge is 0.370 e. The maximum absolute atomic E-state index is 4.48. The third-order valence-electron chi connectivity index (χ3n) is 5.02. The van der Waals surface area contributed by atoms with Crippen LogP contribution in [0.2, 0.25) is 0 Å². The highest BCUT2D eigenvalue weighted by atomic mass is 15.3. The van der Waals surface area contributed by atoms with Crippen molar-refractivity contribution >= 4 is 11.8 Å². The minimum Gasteiger partial charge on any atom is -0.370 e. The van der Waals surface area contributed by atoms with E-state index in [1.165, 1.54) is 12.0 Å². The predicted molar refractivity (Wildman–Crippen MR) is 113 cm³/mol. The average Bonchev–Trinajstić information content (AvgIpc) is 3.17. The summed E-state index contributed by atoms with van der Waals surface area (Å²) in [4.78, 5) is 11.2. The lowest BCUT2D eigenvalue weighted by atomic mass is 9.99. The van der Waals surface area contributed by atoms with Crippen molar-refractivity contribution in [3.63, 3.8) is 0 Å². The Balaban J connectivity index is 1.32. The number of aliphatic imine (C=N–C) groups is 1. The molecular weight excluding hydrogens is 334 g/mol. The highest BCUT2D eigenvalue weighted by Gasteiger charge is 2.24. The number of aromatic nitrogens is 1. The zero-order chi connectivity index (χ0) is 18.7. The van der Waals surface area contributed by atoms with Crippen LogP contribution in [0.3, 0.4) is 0 Å². The second kappa shape index (κ2) is 10.6. The van der Waals surface area contributed by atoms with Crippen LogP contribution >= 0.6 is 0 Å². The van der Waals surface area contributed by atoms with Gasteiger partial charge in [0.25, 0.3) is 0 Å². The molecule has 2 heterocycles. The fourth-order valence-electron chi connectivity index (χ4n) is 3.61. The molecule has 1 aromatic heterocycles. The molecule has 1 aliphatic rings. The van der Waals surface area contributed by atoms with Gasteiger partial charge in [-0.3, -0.25) is 4.99 Å². The fourth-order valence-corrected chi connectivity index (χ4v) is 3.61. The van der Waals surface area contributed by atoms with Crippen molar-refractivity contribution in [3.05, 3.63) is 60.3 Å². The van der Waals surface area contributed by atoms with Gasteiger partial charge in [-0.1, -0.05) is 36.4 Å².